The summed E-state index contributed by atoms with van der Waals surface area (Å²) in [5.74, 6) is 0.907. The molecule has 3 rings (SSSR count). The van der Waals surface area contributed by atoms with E-state index in [9.17, 15) is 4.79 Å². The van der Waals surface area contributed by atoms with Crippen LogP contribution >= 0.6 is 23.1 Å². The minimum Gasteiger partial charge on any atom is -0.374 e. The zero-order valence-electron chi connectivity index (χ0n) is 14.4. The number of nitrogens with two attached hydrogens (primary N) is 1. The van der Waals surface area contributed by atoms with Gasteiger partial charge in [0.25, 0.3) is 0 Å². The molecule has 0 bridgehead atoms. The smallest absolute Gasteiger partial charge is 0.230 e. The minimum atomic E-state index is -0.0498. The van der Waals surface area contributed by atoms with E-state index in [1.54, 1.807) is 0 Å². The molecule has 0 aromatic carbocycles. The topological polar surface area (TPSA) is 102 Å². The fourth-order valence-corrected chi connectivity index (χ4v) is 4.25. The first-order valence-corrected chi connectivity index (χ1v) is 10.1. The van der Waals surface area contributed by atoms with Gasteiger partial charge in [0.15, 0.2) is 4.34 Å². The van der Waals surface area contributed by atoms with Gasteiger partial charge in [0.1, 0.15) is 0 Å². The summed E-state index contributed by atoms with van der Waals surface area (Å²) in [5.41, 5.74) is 7.64. The fraction of sp³-hybridized carbons (Fsp3) is 0.600. The van der Waals surface area contributed by atoms with Gasteiger partial charge in [-0.3, -0.25) is 14.4 Å². The third-order valence-corrected chi connectivity index (χ3v) is 5.65. The monoisotopic (exact) mass is 381 g/mol. The molecule has 0 spiro atoms. The summed E-state index contributed by atoms with van der Waals surface area (Å²) in [5, 5.41) is 15.5. The van der Waals surface area contributed by atoms with E-state index in [1.165, 1.54) is 28.8 Å². The van der Waals surface area contributed by atoms with Gasteiger partial charge in [-0.05, 0) is 12.0 Å². The summed E-state index contributed by atoms with van der Waals surface area (Å²) >= 11 is 2.62. The Bertz CT molecular complexity index is 727. The summed E-state index contributed by atoms with van der Waals surface area (Å²) in [6.45, 7) is 8.88. The number of thioether (sulfide) groups is 1. The molecular formula is C15H23N7OS2. The van der Waals surface area contributed by atoms with Crippen LogP contribution in [0.3, 0.4) is 0 Å². The molecule has 0 fully saturated rings. The van der Waals surface area contributed by atoms with Crippen molar-refractivity contribution in [3.63, 3.8) is 0 Å². The Balaban J connectivity index is 1.46. The number of amides is 1. The van der Waals surface area contributed by atoms with Crippen molar-refractivity contribution in [2.45, 2.75) is 37.8 Å². The first-order chi connectivity index (χ1) is 12.0. The number of anilines is 1. The lowest BCUT2D eigenvalue weighted by molar-refractivity contribution is -0.118. The number of nitrogens with zero attached hydrogens (tertiary/aromatic N) is 5. The lowest BCUT2D eigenvalue weighted by Crippen LogP contribution is -2.36. The first-order valence-electron chi connectivity index (χ1n) is 8.26. The number of nitrogen functional groups attached to an aromatic ring is 1. The number of carbonyl (C=O) groups is 1. The van der Waals surface area contributed by atoms with Crippen LogP contribution in [0.1, 0.15) is 25.2 Å². The molecule has 0 saturated carbocycles. The van der Waals surface area contributed by atoms with Crippen LogP contribution in [0.15, 0.2) is 10.4 Å². The van der Waals surface area contributed by atoms with Crippen molar-refractivity contribution in [3.05, 3.63) is 17.5 Å². The van der Waals surface area contributed by atoms with E-state index in [1.807, 2.05) is 0 Å². The third kappa shape index (κ3) is 5.16. The predicted octanol–water partition coefficient (Wildman–Crippen LogP) is 1.20. The molecule has 0 radical (unpaired) electrons. The van der Waals surface area contributed by atoms with Crippen LogP contribution in [0.25, 0.3) is 0 Å². The molecule has 136 valence electrons. The van der Waals surface area contributed by atoms with Crippen LogP contribution in [0.5, 0.6) is 0 Å². The number of rotatable bonds is 7. The van der Waals surface area contributed by atoms with E-state index in [0.717, 1.165) is 31.9 Å². The Morgan fingerprint density at radius 3 is 3.00 bits per heavy atom. The normalized spacial score (nSPS) is 14.7. The number of hydrogen-bond donors (Lipinski definition) is 2. The number of aromatic nitrogens is 4. The molecule has 10 heteroatoms. The maximum absolute atomic E-state index is 12.0. The van der Waals surface area contributed by atoms with Crippen molar-refractivity contribution in [2.75, 3.05) is 24.6 Å². The van der Waals surface area contributed by atoms with Crippen molar-refractivity contribution in [1.82, 2.24) is 30.2 Å². The van der Waals surface area contributed by atoms with Crippen LogP contribution in [-0.2, 0) is 24.4 Å². The molecule has 3 N–H and O–H groups in total. The highest BCUT2D eigenvalue weighted by atomic mass is 32.2. The van der Waals surface area contributed by atoms with Crippen molar-refractivity contribution in [1.29, 1.82) is 0 Å². The van der Waals surface area contributed by atoms with Crippen molar-refractivity contribution in [2.24, 2.45) is 5.92 Å². The van der Waals surface area contributed by atoms with E-state index in [0.29, 0.717) is 27.7 Å². The molecular weight excluding hydrogens is 358 g/mol. The van der Waals surface area contributed by atoms with E-state index in [-0.39, 0.29) is 5.91 Å². The molecule has 0 aliphatic carbocycles. The molecule has 2 aromatic rings. The van der Waals surface area contributed by atoms with Gasteiger partial charge in [0, 0.05) is 19.6 Å². The summed E-state index contributed by atoms with van der Waals surface area (Å²) in [6, 6.07) is 2.09. The number of fused-ring (bicyclic) bond motifs is 1. The van der Waals surface area contributed by atoms with Crippen LogP contribution in [0.4, 0.5) is 5.13 Å². The summed E-state index contributed by atoms with van der Waals surface area (Å²) < 4.78 is 2.76. The van der Waals surface area contributed by atoms with Gasteiger partial charge in [-0.15, -0.1) is 10.2 Å². The van der Waals surface area contributed by atoms with E-state index < -0.39 is 0 Å². The molecule has 8 nitrogen and oxygen atoms in total. The van der Waals surface area contributed by atoms with Crippen LogP contribution in [-0.4, -0.2) is 49.6 Å². The molecule has 0 saturated heterocycles. The lowest BCUT2D eigenvalue weighted by atomic mass is 10.2. The van der Waals surface area contributed by atoms with Gasteiger partial charge >= 0.3 is 0 Å². The fourth-order valence-electron chi connectivity index (χ4n) is 2.78. The van der Waals surface area contributed by atoms with Gasteiger partial charge in [-0.1, -0.05) is 36.9 Å². The zero-order valence-corrected chi connectivity index (χ0v) is 16.1. The molecule has 1 aliphatic rings. The van der Waals surface area contributed by atoms with Crippen LogP contribution in [0, 0.1) is 5.92 Å². The maximum atomic E-state index is 12.0. The number of hydrogen-bond acceptors (Lipinski definition) is 8. The molecule has 0 atom stereocenters. The maximum Gasteiger partial charge on any atom is 0.230 e. The second kappa shape index (κ2) is 8.15. The summed E-state index contributed by atoms with van der Waals surface area (Å²) in [6.07, 6.45) is 0. The minimum absolute atomic E-state index is 0.0498. The Labute approximate surface area is 155 Å². The van der Waals surface area contributed by atoms with E-state index >= 15 is 0 Å². The van der Waals surface area contributed by atoms with Gasteiger partial charge in [-0.25, -0.2) is 0 Å². The van der Waals surface area contributed by atoms with Gasteiger partial charge in [0.2, 0.25) is 11.0 Å². The molecule has 25 heavy (non-hydrogen) atoms. The van der Waals surface area contributed by atoms with Crippen LogP contribution < -0.4 is 11.1 Å². The SMILES string of the molecule is CC(C)CN1CCn2nc(CNC(=O)CSc3nnc(N)s3)cc2C1. The molecule has 3 heterocycles. The molecule has 0 unspecified atom stereocenters. The van der Waals surface area contributed by atoms with E-state index in [4.69, 9.17) is 5.73 Å². The second-order valence-corrected chi connectivity index (χ2v) is 8.68. The largest absolute Gasteiger partial charge is 0.374 e. The second-order valence-electron chi connectivity index (χ2n) is 6.45. The summed E-state index contributed by atoms with van der Waals surface area (Å²) in [7, 11) is 0. The highest BCUT2D eigenvalue weighted by molar-refractivity contribution is 8.01. The van der Waals surface area contributed by atoms with Crippen molar-refractivity contribution >= 4 is 34.1 Å². The zero-order chi connectivity index (χ0) is 17.8. The Morgan fingerprint density at radius 2 is 2.28 bits per heavy atom. The third-order valence-electron chi connectivity index (χ3n) is 3.77. The standard InChI is InChI=1S/C15H23N7OS2/c1-10(2)7-21-3-4-22-12(8-21)5-11(20-22)6-17-13(23)9-24-15-19-18-14(16)25-15/h5,10H,3-4,6-9H2,1-2H3,(H2,16,18)(H,17,23). The molecule has 2 aromatic heterocycles. The van der Waals surface area contributed by atoms with Gasteiger partial charge in [-0.2, -0.15) is 5.10 Å². The first kappa shape index (κ1) is 18.2. The van der Waals surface area contributed by atoms with Crippen molar-refractivity contribution in [3.8, 4) is 0 Å². The average Bonchev–Trinajstić information content (AvgIpc) is 3.15. The van der Waals surface area contributed by atoms with E-state index in [2.05, 4.69) is 50.1 Å². The number of carbonyl (C=O) groups excluding carboxylic acids is 1. The highest BCUT2D eigenvalue weighted by Crippen LogP contribution is 2.23. The van der Waals surface area contributed by atoms with Crippen LogP contribution in [0.2, 0.25) is 0 Å². The average molecular weight is 382 g/mol. The Kier molecular flexibility index (Phi) is 5.92. The quantitative estimate of drug-likeness (QED) is 0.695. The summed E-state index contributed by atoms with van der Waals surface area (Å²) in [4.78, 5) is 14.4. The highest BCUT2D eigenvalue weighted by Gasteiger charge is 2.19. The lowest BCUT2D eigenvalue weighted by Gasteiger charge is -2.28. The van der Waals surface area contributed by atoms with Gasteiger partial charge < -0.3 is 11.1 Å². The molecule has 1 amide bonds. The Morgan fingerprint density at radius 1 is 1.44 bits per heavy atom. The van der Waals surface area contributed by atoms with Gasteiger partial charge in [0.05, 0.1) is 30.2 Å². The predicted molar refractivity (Wildman–Crippen MR) is 99.2 cm³/mol. The van der Waals surface area contributed by atoms with Crippen molar-refractivity contribution < 1.29 is 4.79 Å². The number of nitrogens with one attached hydrogen (secondary N) is 1. The molecule has 1 aliphatic heterocycles. The Hall–Kier alpha value is -1.65.